The number of aromatic hydroxyl groups is 1. The molecule has 0 heterocycles. The predicted octanol–water partition coefficient (Wildman–Crippen LogP) is 3.84. The molecule has 2 aromatic carbocycles. The second-order valence-electron chi connectivity index (χ2n) is 6.32. The molecular formula is C20H28N2O2. The van der Waals surface area contributed by atoms with E-state index in [-0.39, 0.29) is 5.75 Å². The molecule has 0 aliphatic rings. The number of nitrogens with zero attached hydrogens (tertiary/aromatic N) is 2. The van der Waals surface area contributed by atoms with Crippen molar-refractivity contribution < 1.29 is 9.84 Å². The van der Waals surface area contributed by atoms with Gasteiger partial charge in [0, 0.05) is 38.6 Å². The van der Waals surface area contributed by atoms with Crippen LogP contribution in [0.25, 0.3) is 0 Å². The highest BCUT2D eigenvalue weighted by Crippen LogP contribution is 2.27. The topological polar surface area (TPSA) is 35.9 Å². The second kappa shape index (κ2) is 8.71. The van der Waals surface area contributed by atoms with E-state index in [1.165, 1.54) is 5.56 Å². The van der Waals surface area contributed by atoms with Crippen LogP contribution in [0.1, 0.15) is 18.4 Å². The maximum absolute atomic E-state index is 9.40. The lowest BCUT2D eigenvalue weighted by Gasteiger charge is -2.23. The molecule has 4 heteroatoms. The van der Waals surface area contributed by atoms with E-state index < -0.39 is 0 Å². The van der Waals surface area contributed by atoms with Gasteiger partial charge in [0.15, 0.2) is 0 Å². The first-order valence-electron chi connectivity index (χ1n) is 8.31. The molecule has 0 radical (unpaired) electrons. The highest BCUT2D eigenvalue weighted by molar-refractivity contribution is 5.63. The SMILES string of the molecule is COCCN(C)CC(C)c1ccc(N(C)c2ccc(O)cc2)cc1. The van der Waals surface area contributed by atoms with Crippen LogP contribution in [0.15, 0.2) is 48.5 Å². The van der Waals surface area contributed by atoms with Gasteiger partial charge in [-0.1, -0.05) is 19.1 Å². The average Bonchev–Trinajstić information content (AvgIpc) is 2.60. The minimum atomic E-state index is 0.286. The quantitative estimate of drug-likeness (QED) is 0.798. The Hall–Kier alpha value is -2.04. The molecule has 4 nitrogen and oxygen atoms in total. The highest BCUT2D eigenvalue weighted by atomic mass is 16.5. The highest BCUT2D eigenvalue weighted by Gasteiger charge is 2.10. The van der Waals surface area contributed by atoms with Crippen molar-refractivity contribution >= 4 is 11.4 Å². The summed E-state index contributed by atoms with van der Waals surface area (Å²) in [7, 11) is 5.90. The molecule has 0 aliphatic heterocycles. The van der Waals surface area contributed by atoms with E-state index in [1.807, 2.05) is 19.2 Å². The fraction of sp³-hybridized carbons (Fsp3) is 0.400. The molecule has 0 spiro atoms. The smallest absolute Gasteiger partial charge is 0.115 e. The first-order chi connectivity index (χ1) is 11.5. The van der Waals surface area contributed by atoms with Gasteiger partial charge in [0.2, 0.25) is 0 Å². The summed E-state index contributed by atoms with van der Waals surface area (Å²) < 4.78 is 5.13. The maximum atomic E-state index is 9.40. The zero-order valence-electron chi connectivity index (χ0n) is 15.1. The summed E-state index contributed by atoms with van der Waals surface area (Å²) in [6.07, 6.45) is 0. The zero-order valence-corrected chi connectivity index (χ0v) is 15.1. The van der Waals surface area contributed by atoms with Gasteiger partial charge in [0.1, 0.15) is 5.75 Å². The Kier molecular flexibility index (Phi) is 6.64. The van der Waals surface area contributed by atoms with E-state index in [0.29, 0.717) is 5.92 Å². The van der Waals surface area contributed by atoms with Crippen LogP contribution >= 0.6 is 0 Å². The normalized spacial score (nSPS) is 12.4. The van der Waals surface area contributed by atoms with Crippen LogP contribution in [0, 0.1) is 0 Å². The van der Waals surface area contributed by atoms with Crippen molar-refractivity contribution in [2.45, 2.75) is 12.8 Å². The van der Waals surface area contributed by atoms with Crippen molar-refractivity contribution in [1.29, 1.82) is 0 Å². The second-order valence-corrected chi connectivity index (χ2v) is 6.32. The number of likely N-dealkylation sites (N-methyl/N-ethyl adjacent to an activating group) is 1. The van der Waals surface area contributed by atoms with Gasteiger partial charge >= 0.3 is 0 Å². The molecule has 0 amide bonds. The Balaban J connectivity index is 2.00. The molecule has 0 saturated carbocycles. The van der Waals surface area contributed by atoms with E-state index >= 15 is 0 Å². The first kappa shape index (κ1) is 18.3. The standard InChI is InChI=1S/C20H28N2O2/c1-16(15-21(2)13-14-24-4)17-5-7-18(8-6-17)22(3)19-9-11-20(23)12-10-19/h5-12,16,23H,13-15H2,1-4H3. The largest absolute Gasteiger partial charge is 0.508 e. The van der Waals surface area contributed by atoms with E-state index in [2.05, 4.69) is 48.0 Å². The van der Waals surface area contributed by atoms with Crippen LogP contribution in [0.2, 0.25) is 0 Å². The van der Waals surface area contributed by atoms with Crippen LogP contribution in [-0.4, -0.2) is 50.9 Å². The van der Waals surface area contributed by atoms with E-state index in [1.54, 1.807) is 19.2 Å². The third-order valence-corrected chi connectivity index (χ3v) is 4.35. The van der Waals surface area contributed by atoms with Crippen LogP contribution in [0.4, 0.5) is 11.4 Å². The number of ether oxygens (including phenoxy) is 1. The summed E-state index contributed by atoms with van der Waals surface area (Å²) in [5.41, 5.74) is 3.51. The van der Waals surface area contributed by atoms with E-state index in [9.17, 15) is 5.11 Å². The summed E-state index contributed by atoms with van der Waals surface area (Å²) in [6, 6.07) is 15.9. The van der Waals surface area contributed by atoms with Crippen molar-refractivity contribution in [1.82, 2.24) is 4.90 Å². The minimum Gasteiger partial charge on any atom is -0.508 e. The molecule has 1 N–H and O–H groups in total. The fourth-order valence-electron chi connectivity index (χ4n) is 2.76. The molecule has 0 bridgehead atoms. The summed E-state index contributed by atoms with van der Waals surface area (Å²) in [5, 5.41) is 9.40. The first-order valence-corrected chi connectivity index (χ1v) is 8.31. The molecule has 0 aromatic heterocycles. The molecule has 130 valence electrons. The van der Waals surface area contributed by atoms with Crippen LogP contribution in [0.5, 0.6) is 5.75 Å². The summed E-state index contributed by atoms with van der Waals surface area (Å²) in [4.78, 5) is 4.41. The van der Waals surface area contributed by atoms with Gasteiger partial charge in [0.05, 0.1) is 6.61 Å². The number of phenols is 1. The van der Waals surface area contributed by atoms with Gasteiger partial charge in [-0.2, -0.15) is 0 Å². The van der Waals surface area contributed by atoms with Crippen LogP contribution in [0.3, 0.4) is 0 Å². The lowest BCUT2D eigenvalue weighted by atomic mass is 10.00. The number of benzene rings is 2. The molecule has 1 atom stereocenters. The van der Waals surface area contributed by atoms with Gasteiger partial charge in [-0.05, 0) is 54.9 Å². The van der Waals surface area contributed by atoms with Gasteiger partial charge in [0.25, 0.3) is 0 Å². The Labute approximate surface area is 145 Å². The minimum absolute atomic E-state index is 0.286. The summed E-state index contributed by atoms with van der Waals surface area (Å²) >= 11 is 0. The molecular weight excluding hydrogens is 300 g/mol. The van der Waals surface area contributed by atoms with E-state index in [0.717, 1.165) is 31.1 Å². The lowest BCUT2D eigenvalue weighted by molar-refractivity contribution is 0.159. The van der Waals surface area contributed by atoms with Crippen molar-refractivity contribution in [3.05, 3.63) is 54.1 Å². The summed E-state index contributed by atoms with van der Waals surface area (Å²) in [5.74, 6) is 0.758. The predicted molar refractivity (Wildman–Crippen MR) is 100 cm³/mol. The zero-order chi connectivity index (χ0) is 17.5. The third kappa shape index (κ3) is 4.98. The third-order valence-electron chi connectivity index (χ3n) is 4.35. The Morgan fingerprint density at radius 2 is 1.50 bits per heavy atom. The van der Waals surface area contributed by atoms with Crippen molar-refractivity contribution in [2.24, 2.45) is 0 Å². The fourth-order valence-corrected chi connectivity index (χ4v) is 2.76. The van der Waals surface area contributed by atoms with Crippen LogP contribution < -0.4 is 4.90 Å². The average molecular weight is 328 g/mol. The monoisotopic (exact) mass is 328 g/mol. The van der Waals surface area contributed by atoms with Crippen molar-refractivity contribution in [2.75, 3.05) is 45.8 Å². The van der Waals surface area contributed by atoms with Gasteiger partial charge in [-0.25, -0.2) is 0 Å². The Bertz CT molecular complexity index is 611. The Morgan fingerprint density at radius 1 is 0.958 bits per heavy atom. The molecule has 2 rings (SSSR count). The van der Waals surface area contributed by atoms with Crippen molar-refractivity contribution in [3.8, 4) is 5.75 Å². The number of anilines is 2. The Morgan fingerprint density at radius 3 is 2.04 bits per heavy atom. The molecule has 1 unspecified atom stereocenters. The molecule has 2 aromatic rings. The van der Waals surface area contributed by atoms with Gasteiger partial charge in [-0.15, -0.1) is 0 Å². The number of phenolic OH excluding ortho intramolecular Hbond substituents is 1. The summed E-state index contributed by atoms with van der Waals surface area (Å²) in [6.45, 7) is 4.97. The van der Waals surface area contributed by atoms with Crippen LogP contribution in [-0.2, 0) is 4.74 Å². The maximum Gasteiger partial charge on any atom is 0.115 e. The molecule has 0 saturated heterocycles. The molecule has 24 heavy (non-hydrogen) atoms. The van der Waals surface area contributed by atoms with Gasteiger partial charge in [-0.3, -0.25) is 0 Å². The number of methoxy groups -OCH3 is 1. The molecule has 0 fully saturated rings. The number of hydrogen-bond donors (Lipinski definition) is 1. The number of rotatable bonds is 8. The number of hydrogen-bond acceptors (Lipinski definition) is 4. The lowest BCUT2D eigenvalue weighted by Crippen LogP contribution is -2.27. The molecule has 0 aliphatic carbocycles. The van der Waals surface area contributed by atoms with Crippen molar-refractivity contribution in [3.63, 3.8) is 0 Å². The van der Waals surface area contributed by atoms with E-state index in [4.69, 9.17) is 4.74 Å². The van der Waals surface area contributed by atoms with Gasteiger partial charge < -0.3 is 19.6 Å².